The van der Waals surface area contributed by atoms with Crippen molar-refractivity contribution in [3.63, 3.8) is 0 Å². The third kappa shape index (κ3) is 7.91. The summed E-state index contributed by atoms with van der Waals surface area (Å²) in [7, 11) is -5.22. The zero-order valence-corrected chi connectivity index (χ0v) is 8.48. The molecule has 0 N–H and O–H groups in total. The van der Waals surface area contributed by atoms with Crippen molar-refractivity contribution in [1.29, 1.82) is 0 Å². The second kappa shape index (κ2) is 4.14. The fourth-order valence-corrected chi connectivity index (χ4v) is 2.70. The highest BCUT2D eigenvalue weighted by Crippen LogP contribution is 2.25. The summed E-state index contributed by atoms with van der Waals surface area (Å²) in [5.41, 5.74) is -0.388. The molecule has 0 aliphatic heterocycles. The van der Waals surface area contributed by atoms with Gasteiger partial charge < -0.3 is 0 Å². The summed E-state index contributed by atoms with van der Waals surface area (Å²) < 4.78 is 36.7. The van der Waals surface area contributed by atoms with Crippen molar-refractivity contribution in [2.45, 2.75) is 20.0 Å². The molecular formula is C5H12O4PS+. The van der Waals surface area contributed by atoms with Crippen LogP contribution in [0.1, 0.15) is 13.8 Å². The maximum atomic E-state index is 10.8. The van der Waals surface area contributed by atoms with Gasteiger partial charge >= 0.3 is 8.03 Å². The lowest BCUT2D eigenvalue weighted by molar-refractivity contribution is 0.258. The highest BCUT2D eigenvalue weighted by molar-refractivity contribution is 7.95. The summed E-state index contributed by atoms with van der Waals surface area (Å²) in [6.45, 7) is 3.41. The molecule has 0 rings (SSSR count). The summed E-state index contributed by atoms with van der Waals surface area (Å²) >= 11 is 0. The van der Waals surface area contributed by atoms with Gasteiger partial charge in [-0.15, -0.1) is 4.52 Å². The largest absolute Gasteiger partial charge is 0.524 e. The molecule has 6 heteroatoms. The first-order valence-corrected chi connectivity index (χ1v) is 6.53. The molecular weight excluding hydrogens is 187 g/mol. The van der Waals surface area contributed by atoms with Gasteiger partial charge in [-0.1, -0.05) is 0 Å². The Bertz CT molecular complexity index is 231. The lowest BCUT2D eigenvalue weighted by Crippen LogP contribution is -2.02. The minimum absolute atomic E-state index is 0.194. The minimum atomic E-state index is -3.18. The number of sulfone groups is 1. The van der Waals surface area contributed by atoms with Gasteiger partial charge in [0.1, 0.15) is 6.10 Å². The van der Waals surface area contributed by atoms with Crippen LogP contribution in [0.4, 0.5) is 0 Å². The molecule has 0 aromatic carbocycles. The summed E-state index contributed by atoms with van der Waals surface area (Å²) in [5, 5.41) is 0. The van der Waals surface area contributed by atoms with E-state index in [2.05, 4.69) is 0 Å². The summed E-state index contributed by atoms with van der Waals surface area (Å²) in [6.07, 6.45) is 0.838. The zero-order chi connectivity index (χ0) is 9.07. The van der Waals surface area contributed by atoms with Crippen molar-refractivity contribution >= 4 is 17.9 Å². The maximum absolute atomic E-state index is 10.8. The normalized spacial score (nSPS) is 13.6. The topological polar surface area (TPSA) is 60.4 Å². The summed E-state index contributed by atoms with van der Waals surface area (Å²) in [6, 6.07) is 0. The quantitative estimate of drug-likeness (QED) is 0.637. The van der Waals surface area contributed by atoms with Gasteiger partial charge in [0, 0.05) is 6.26 Å². The van der Waals surface area contributed by atoms with E-state index in [0.717, 1.165) is 6.26 Å². The fourth-order valence-electron chi connectivity index (χ4n) is 0.457. The molecule has 0 saturated carbocycles. The minimum Gasteiger partial charge on any atom is -0.225 e. The fraction of sp³-hybridized carbons (Fsp3) is 1.00. The molecule has 0 radical (unpaired) electrons. The van der Waals surface area contributed by atoms with Crippen LogP contribution < -0.4 is 0 Å². The van der Waals surface area contributed by atoms with Crippen molar-refractivity contribution in [1.82, 2.24) is 0 Å². The lowest BCUT2D eigenvalue weighted by Gasteiger charge is -1.92. The molecule has 0 aromatic heterocycles. The Labute approximate surface area is 67.7 Å². The van der Waals surface area contributed by atoms with E-state index in [-0.39, 0.29) is 11.6 Å². The van der Waals surface area contributed by atoms with Crippen LogP contribution in [0.2, 0.25) is 0 Å². The van der Waals surface area contributed by atoms with Gasteiger partial charge in [0.15, 0.2) is 9.84 Å². The van der Waals surface area contributed by atoms with E-state index >= 15 is 0 Å². The van der Waals surface area contributed by atoms with E-state index in [1.807, 2.05) is 0 Å². The molecule has 0 spiro atoms. The zero-order valence-electron chi connectivity index (χ0n) is 6.77. The molecule has 4 nitrogen and oxygen atoms in total. The van der Waals surface area contributed by atoms with E-state index in [4.69, 9.17) is 4.52 Å². The van der Waals surface area contributed by atoms with Crippen LogP contribution in [0.3, 0.4) is 0 Å². The predicted molar refractivity (Wildman–Crippen MR) is 43.5 cm³/mol. The van der Waals surface area contributed by atoms with E-state index in [9.17, 15) is 13.0 Å². The lowest BCUT2D eigenvalue weighted by atomic mass is 10.5. The first kappa shape index (κ1) is 11.0. The molecule has 66 valence electrons. The highest BCUT2D eigenvalue weighted by atomic mass is 32.2. The molecule has 0 fully saturated rings. The first-order chi connectivity index (χ1) is 4.81. The van der Waals surface area contributed by atoms with Crippen LogP contribution in [0.25, 0.3) is 0 Å². The summed E-state index contributed by atoms with van der Waals surface area (Å²) in [4.78, 5) is 0. The van der Waals surface area contributed by atoms with Crippen LogP contribution in [0.5, 0.6) is 0 Å². The van der Waals surface area contributed by atoms with E-state index < -0.39 is 17.9 Å². The Hall–Kier alpha value is 0.01000. The molecule has 0 amide bonds. The third-order valence-corrected chi connectivity index (χ3v) is 4.04. The Morgan fingerprint density at radius 3 is 2.18 bits per heavy atom. The van der Waals surface area contributed by atoms with Crippen molar-refractivity contribution in [2.75, 3.05) is 11.7 Å². The second-order valence-corrected chi connectivity index (χ2v) is 6.30. The van der Waals surface area contributed by atoms with Gasteiger partial charge in [-0.25, -0.2) is 8.42 Å². The molecule has 0 bridgehead atoms. The van der Waals surface area contributed by atoms with Gasteiger partial charge in [0.2, 0.25) is 0 Å². The predicted octanol–water partition coefficient (Wildman–Crippen LogP) is 1.16. The SMILES string of the molecule is CC(C)O[P+](=O)CS(C)(=O)=O. The van der Waals surface area contributed by atoms with Crippen molar-refractivity contribution < 1.29 is 17.5 Å². The van der Waals surface area contributed by atoms with Crippen molar-refractivity contribution in [3.8, 4) is 0 Å². The molecule has 1 atom stereocenters. The average molecular weight is 199 g/mol. The first-order valence-electron chi connectivity index (χ1n) is 3.10. The monoisotopic (exact) mass is 199 g/mol. The molecule has 0 aliphatic carbocycles. The van der Waals surface area contributed by atoms with Crippen LogP contribution in [-0.4, -0.2) is 26.3 Å². The van der Waals surface area contributed by atoms with Gasteiger partial charge in [0.25, 0.3) is 5.49 Å². The molecule has 11 heavy (non-hydrogen) atoms. The maximum Gasteiger partial charge on any atom is 0.524 e. The van der Waals surface area contributed by atoms with Gasteiger partial charge in [-0.2, -0.15) is 0 Å². The van der Waals surface area contributed by atoms with E-state index in [1.165, 1.54) is 0 Å². The Morgan fingerprint density at radius 2 is 1.91 bits per heavy atom. The van der Waals surface area contributed by atoms with Gasteiger partial charge in [-0.3, -0.25) is 0 Å². The van der Waals surface area contributed by atoms with Crippen LogP contribution >= 0.6 is 8.03 Å². The summed E-state index contributed by atoms with van der Waals surface area (Å²) in [5.74, 6) is 0. The average Bonchev–Trinajstić information content (AvgIpc) is 1.53. The van der Waals surface area contributed by atoms with Crippen LogP contribution in [-0.2, 0) is 18.9 Å². The number of hydrogen-bond donors (Lipinski definition) is 0. The number of hydrogen-bond acceptors (Lipinski definition) is 4. The Kier molecular flexibility index (Phi) is 4.14. The number of rotatable bonds is 4. The van der Waals surface area contributed by atoms with Gasteiger partial charge in [-0.05, 0) is 18.4 Å². The van der Waals surface area contributed by atoms with Crippen molar-refractivity contribution in [2.24, 2.45) is 0 Å². The van der Waals surface area contributed by atoms with Gasteiger partial charge in [0.05, 0.1) is 0 Å². The van der Waals surface area contributed by atoms with Crippen LogP contribution in [0.15, 0.2) is 0 Å². The van der Waals surface area contributed by atoms with Crippen LogP contribution in [0, 0.1) is 0 Å². The standard InChI is InChI=1S/C5H12O4PS/c1-5(2)9-10(6)4-11(3,7)8/h5H,4H2,1-3H3/q+1. The Morgan fingerprint density at radius 1 is 1.45 bits per heavy atom. The van der Waals surface area contributed by atoms with Crippen molar-refractivity contribution in [3.05, 3.63) is 0 Å². The Balaban J connectivity index is 3.91. The molecule has 0 heterocycles. The molecule has 0 saturated heterocycles. The van der Waals surface area contributed by atoms with E-state index in [0.29, 0.717) is 0 Å². The second-order valence-electron chi connectivity index (χ2n) is 2.54. The molecule has 0 aliphatic rings. The third-order valence-electron chi connectivity index (χ3n) is 0.668. The smallest absolute Gasteiger partial charge is 0.225 e. The molecule has 1 unspecified atom stereocenters. The highest BCUT2D eigenvalue weighted by Gasteiger charge is 2.25. The van der Waals surface area contributed by atoms with E-state index in [1.54, 1.807) is 13.8 Å². The molecule has 0 aromatic rings.